The lowest BCUT2D eigenvalue weighted by Crippen LogP contribution is -2.31. The number of sulfonamides is 1. The van der Waals surface area contributed by atoms with Crippen molar-refractivity contribution in [1.82, 2.24) is 9.71 Å². The molecule has 5 rings (SSSR count). The summed E-state index contributed by atoms with van der Waals surface area (Å²) >= 11 is 0. The summed E-state index contributed by atoms with van der Waals surface area (Å²) in [4.78, 5) is 18.8. The van der Waals surface area contributed by atoms with Crippen LogP contribution in [0.15, 0.2) is 70.5 Å². The van der Waals surface area contributed by atoms with Crippen LogP contribution in [-0.4, -0.2) is 38.6 Å². The normalized spacial score (nSPS) is 15.5. The van der Waals surface area contributed by atoms with Crippen molar-refractivity contribution in [1.29, 1.82) is 0 Å². The Hall–Kier alpha value is -4.21. The number of carbonyl (C=O) groups is 1. The van der Waals surface area contributed by atoms with Crippen LogP contribution in [0.3, 0.4) is 0 Å². The number of carbonyl (C=O) groups excluding carboxylic acids is 1. The van der Waals surface area contributed by atoms with Crippen molar-refractivity contribution in [2.24, 2.45) is 5.92 Å². The Morgan fingerprint density at radius 2 is 1.86 bits per heavy atom. The highest BCUT2D eigenvalue weighted by atomic mass is 32.2. The van der Waals surface area contributed by atoms with Gasteiger partial charge in [-0.3, -0.25) is 4.79 Å². The Bertz CT molecular complexity index is 1870. The fourth-order valence-corrected chi connectivity index (χ4v) is 6.20. The van der Waals surface area contributed by atoms with E-state index in [-0.39, 0.29) is 22.5 Å². The van der Waals surface area contributed by atoms with Crippen LogP contribution in [0, 0.1) is 19.8 Å². The number of pyridine rings is 1. The molecule has 9 heteroatoms. The van der Waals surface area contributed by atoms with Crippen molar-refractivity contribution >= 4 is 39.5 Å². The van der Waals surface area contributed by atoms with E-state index < -0.39 is 15.9 Å². The quantitative estimate of drug-likeness (QED) is 0.316. The first kappa shape index (κ1) is 29.3. The van der Waals surface area contributed by atoms with Gasteiger partial charge in [0.15, 0.2) is 5.76 Å². The van der Waals surface area contributed by atoms with E-state index in [9.17, 15) is 13.2 Å². The molecule has 1 N–H and O–H groups in total. The smallest absolute Gasteiger partial charge is 0.265 e. The van der Waals surface area contributed by atoms with Crippen molar-refractivity contribution in [3.05, 3.63) is 88.5 Å². The van der Waals surface area contributed by atoms with Gasteiger partial charge in [0.05, 0.1) is 27.5 Å². The lowest BCUT2D eigenvalue weighted by Gasteiger charge is -2.29. The van der Waals surface area contributed by atoms with Crippen LogP contribution in [0.2, 0.25) is 0 Å². The van der Waals surface area contributed by atoms with Crippen molar-refractivity contribution in [3.63, 3.8) is 0 Å². The Morgan fingerprint density at radius 3 is 2.55 bits per heavy atom. The van der Waals surface area contributed by atoms with Gasteiger partial charge in [-0.05, 0) is 75.4 Å². The van der Waals surface area contributed by atoms with Crippen molar-refractivity contribution in [2.45, 2.75) is 44.6 Å². The number of allylic oxidation sites excluding steroid dienone is 1. The first-order chi connectivity index (χ1) is 20.1. The van der Waals surface area contributed by atoms with Crippen LogP contribution in [0.4, 0.5) is 0 Å². The van der Waals surface area contributed by atoms with Crippen molar-refractivity contribution in [2.75, 3.05) is 13.2 Å². The van der Waals surface area contributed by atoms with Crippen LogP contribution in [0.5, 0.6) is 5.75 Å². The zero-order valence-corrected chi connectivity index (χ0v) is 24.8. The molecule has 2 aromatic heterocycles. The van der Waals surface area contributed by atoms with Crippen LogP contribution in [0.1, 0.15) is 41.3 Å². The number of furan rings is 1. The minimum atomic E-state index is -4.16. The van der Waals surface area contributed by atoms with Crippen LogP contribution < -0.4 is 20.1 Å². The predicted octanol–water partition coefficient (Wildman–Crippen LogP) is 4.80. The van der Waals surface area contributed by atoms with Gasteiger partial charge in [0.25, 0.3) is 15.9 Å². The summed E-state index contributed by atoms with van der Waals surface area (Å²) in [5.41, 5.74) is 3.03. The predicted molar refractivity (Wildman–Crippen MR) is 163 cm³/mol. The number of hydrogen-bond donors (Lipinski definition) is 1. The molecule has 2 aromatic carbocycles. The van der Waals surface area contributed by atoms with Crippen LogP contribution >= 0.6 is 0 Å². The molecule has 0 aliphatic carbocycles. The fraction of sp³-hybridized carbons (Fsp3) is 0.273. The van der Waals surface area contributed by atoms with E-state index in [0.717, 1.165) is 24.0 Å². The third kappa shape index (κ3) is 5.75. The van der Waals surface area contributed by atoms with Crippen LogP contribution in [0.25, 0.3) is 35.0 Å². The molecule has 0 spiro atoms. The van der Waals surface area contributed by atoms with E-state index in [1.54, 1.807) is 42.5 Å². The second-order valence-corrected chi connectivity index (χ2v) is 12.2. The highest BCUT2D eigenvalue weighted by Crippen LogP contribution is 2.36. The first-order valence-corrected chi connectivity index (χ1v) is 15.3. The van der Waals surface area contributed by atoms with E-state index in [2.05, 4.69) is 17.9 Å². The summed E-state index contributed by atoms with van der Waals surface area (Å²) < 4.78 is 46.7. The number of aromatic nitrogens is 1. The molecule has 4 aromatic rings. The van der Waals surface area contributed by atoms with Gasteiger partial charge in [-0.2, -0.15) is 0 Å². The number of hydrogen-bond acceptors (Lipinski definition) is 7. The highest BCUT2D eigenvalue weighted by Gasteiger charge is 2.27. The number of fused-ring (bicyclic) bond motifs is 1. The molecule has 3 heterocycles. The average Bonchev–Trinajstić information content (AvgIpc) is 3.27. The Kier molecular flexibility index (Phi) is 8.34. The fourth-order valence-electron chi connectivity index (χ4n) is 5.21. The molecule has 218 valence electrons. The van der Waals surface area contributed by atoms with Crippen LogP contribution in [-0.2, 0) is 14.8 Å². The zero-order chi connectivity index (χ0) is 30.0. The molecule has 0 radical (unpaired) electrons. The van der Waals surface area contributed by atoms with E-state index >= 15 is 0 Å². The van der Waals surface area contributed by atoms with Gasteiger partial charge in [-0.25, -0.2) is 18.1 Å². The first-order valence-electron chi connectivity index (χ1n) is 13.8. The third-order valence-electron chi connectivity index (χ3n) is 7.70. The maximum Gasteiger partial charge on any atom is 0.265 e. The molecule has 1 aliphatic heterocycles. The highest BCUT2D eigenvalue weighted by molar-refractivity contribution is 7.90. The molecule has 1 fully saturated rings. The number of aryl methyl sites for hydroxylation is 1. The maximum atomic E-state index is 13.9. The maximum absolute atomic E-state index is 13.9. The third-order valence-corrected chi connectivity index (χ3v) is 9.04. The minimum Gasteiger partial charge on any atom is -0.490 e. The molecule has 0 saturated carbocycles. The average molecular weight is 587 g/mol. The van der Waals surface area contributed by atoms with Gasteiger partial charge < -0.3 is 13.9 Å². The molecule has 1 saturated heterocycles. The molecule has 42 heavy (non-hydrogen) atoms. The second-order valence-electron chi connectivity index (χ2n) is 10.5. The summed E-state index contributed by atoms with van der Waals surface area (Å²) in [7, 11) is -4.16. The molecular weight excluding hydrogens is 552 g/mol. The van der Waals surface area contributed by atoms with E-state index in [4.69, 9.17) is 18.9 Å². The largest absolute Gasteiger partial charge is 0.490 e. The summed E-state index contributed by atoms with van der Waals surface area (Å²) in [5, 5.41) is 1.10. The number of nitrogens with one attached hydrogen (secondary N) is 1. The molecular formula is C33H34N2O6S. The molecule has 1 amide bonds. The number of rotatable bonds is 8. The molecule has 1 atom stereocenters. The number of amides is 1. The summed E-state index contributed by atoms with van der Waals surface area (Å²) in [6, 6.07) is 13.0. The van der Waals surface area contributed by atoms with Gasteiger partial charge >= 0.3 is 0 Å². The van der Waals surface area contributed by atoms with Crippen molar-refractivity contribution in [3.8, 4) is 17.2 Å². The van der Waals surface area contributed by atoms with E-state index in [1.165, 1.54) is 12.1 Å². The van der Waals surface area contributed by atoms with Gasteiger partial charge in [-0.15, -0.1) is 0 Å². The van der Waals surface area contributed by atoms with E-state index in [0.29, 0.717) is 52.0 Å². The summed E-state index contributed by atoms with van der Waals surface area (Å²) in [5.74, 6) is 0.347. The van der Waals surface area contributed by atoms with Gasteiger partial charge in [0.1, 0.15) is 16.9 Å². The SMILES string of the molecule is C=C/C=c1/oc(-c2cc(C(=O)NS(=O)(=O)c3ccccc3)c3c(O[C@H](C)C4CCOCC4)ccc(C)c3n2)c(C)c1=C. The number of benzene rings is 2. The number of ether oxygens (including phenoxy) is 2. The molecule has 8 nitrogen and oxygen atoms in total. The Labute approximate surface area is 245 Å². The molecule has 0 unspecified atom stereocenters. The monoisotopic (exact) mass is 586 g/mol. The van der Waals surface area contributed by atoms with Gasteiger partial charge in [0, 0.05) is 24.0 Å². The molecule has 0 bridgehead atoms. The Morgan fingerprint density at radius 1 is 1.14 bits per heavy atom. The topological polar surface area (TPSA) is 108 Å². The number of nitrogens with zero attached hydrogens (tertiary/aromatic N) is 1. The standard InChI is InChI=1S/C33H34N2O6S/c1-6-10-28-21(3)22(4)32(41-28)27-19-26(33(36)35-42(37,38)25-11-8-7-9-12-25)30-29(14-13-20(2)31(30)34-27)40-23(5)24-15-17-39-18-16-24/h6-14,19,23-24H,1,3,15-18H2,2,4-5H3,(H,35,36)/b28-10+/t23-/m1/s1. The lowest BCUT2D eigenvalue weighted by atomic mass is 9.94. The van der Waals surface area contributed by atoms with Gasteiger partial charge in [0.2, 0.25) is 0 Å². The van der Waals surface area contributed by atoms with E-state index in [1.807, 2.05) is 26.8 Å². The van der Waals surface area contributed by atoms with Gasteiger partial charge in [-0.1, -0.05) is 43.5 Å². The molecule has 1 aliphatic rings. The zero-order valence-electron chi connectivity index (χ0n) is 24.0. The minimum absolute atomic E-state index is 0.0223. The second kappa shape index (κ2) is 12.0. The van der Waals surface area contributed by atoms with Crippen molar-refractivity contribution < 1.29 is 27.1 Å². The summed E-state index contributed by atoms with van der Waals surface area (Å²) in [6.45, 7) is 14.9. The Balaban J connectivity index is 1.69. The lowest BCUT2D eigenvalue weighted by molar-refractivity contribution is 0.0243. The summed E-state index contributed by atoms with van der Waals surface area (Å²) in [6.07, 6.45) is 4.87.